The first-order valence-corrected chi connectivity index (χ1v) is 9.32. The number of benzene rings is 1. The molecule has 1 fully saturated rings. The molecule has 2 aromatic rings. The van der Waals surface area contributed by atoms with Crippen LogP contribution < -0.4 is 5.32 Å². The van der Waals surface area contributed by atoms with Crippen LogP contribution in [0.1, 0.15) is 53.4 Å². The fourth-order valence-electron chi connectivity index (χ4n) is 3.03. The minimum atomic E-state index is -1.29. The van der Waals surface area contributed by atoms with Crippen molar-refractivity contribution in [1.29, 1.82) is 0 Å². The molecular formula is C19H20FNO3S. The number of esters is 1. The van der Waals surface area contributed by atoms with E-state index in [1.54, 1.807) is 23.6 Å². The number of ether oxygens (including phenoxy) is 1. The highest BCUT2D eigenvalue weighted by Gasteiger charge is 2.30. The third kappa shape index (κ3) is 4.45. The molecule has 1 saturated carbocycles. The van der Waals surface area contributed by atoms with Crippen LogP contribution in [0.15, 0.2) is 41.8 Å². The highest BCUT2D eigenvalue weighted by atomic mass is 32.1. The highest BCUT2D eigenvalue weighted by Crippen LogP contribution is 2.25. The molecule has 0 spiro atoms. The molecule has 3 rings (SSSR count). The molecule has 0 saturated heterocycles. The summed E-state index contributed by atoms with van der Waals surface area (Å²) in [6.07, 6.45) is 3.78. The van der Waals surface area contributed by atoms with E-state index >= 15 is 0 Å². The van der Waals surface area contributed by atoms with E-state index in [4.69, 9.17) is 4.74 Å². The Labute approximate surface area is 150 Å². The summed E-state index contributed by atoms with van der Waals surface area (Å²) in [6, 6.07) is 9.29. The molecule has 1 aromatic carbocycles. The van der Waals surface area contributed by atoms with Crippen LogP contribution in [0, 0.1) is 5.82 Å². The van der Waals surface area contributed by atoms with Crippen molar-refractivity contribution in [3.8, 4) is 0 Å². The van der Waals surface area contributed by atoms with E-state index in [1.165, 1.54) is 29.5 Å². The molecule has 132 valence electrons. The number of amides is 1. The van der Waals surface area contributed by atoms with Crippen molar-refractivity contribution in [2.24, 2.45) is 0 Å². The highest BCUT2D eigenvalue weighted by molar-refractivity contribution is 7.11. The zero-order valence-corrected chi connectivity index (χ0v) is 14.6. The summed E-state index contributed by atoms with van der Waals surface area (Å²) in [7, 11) is 0. The Morgan fingerprint density at radius 3 is 2.56 bits per heavy atom. The Morgan fingerprint density at radius 1 is 1.12 bits per heavy atom. The first kappa shape index (κ1) is 17.6. The van der Waals surface area contributed by atoms with Crippen molar-refractivity contribution in [3.63, 3.8) is 0 Å². The van der Waals surface area contributed by atoms with Crippen molar-refractivity contribution in [1.82, 2.24) is 5.32 Å². The molecule has 1 aliphatic carbocycles. The molecule has 0 radical (unpaired) electrons. The zero-order chi connectivity index (χ0) is 17.6. The largest absolute Gasteiger partial charge is 0.443 e. The van der Waals surface area contributed by atoms with Crippen LogP contribution in [0.4, 0.5) is 4.39 Å². The molecule has 6 heteroatoms. The fraction of sp³-hybridized carbons (Fsp3) is 0.368. The van der Waals surface area contributed by atoms with Gasteiger partial charge in [-0.1, -0.05) is 43.5 Å². The topological polar surface area (TPSA) is 55.4 Å². The van der Waals surface area contributed by atoms with E-state index in [-0.39, 0.29) is 11.6 Å². The van der Waals surface area contributed by atoms with E-state index < -0.39 is 23.8 Å². The minimum absolute atomic E-state index is 0.0518. The lowest BCUT2D eigenvalue weighted by Gasteiger charge is -2.25. The van der Waals surface area contributed by atoms with Crippen LogP contribution in [0.25, 0.3) is 0 Å². The molecule has 0 bridgehead atoms. The van der Waals surface area contributed by atoms with Crippen LogP contribution in [-0.2, 0) is 9.53 Å². The molecule has 0 aliphatic heterocycles. The van der Waals surface area contributed by atoms with Crippen molar-refractivity contribution in [2.45, 2.75) is 44.2 Å². The number of nitrogens with one attached hydrogen (secondary N) is 1. The average molecular weight is 361 g/mol. The van der Waals surface area contributed by atoms with E-state index in [9.17, 15) is 14.0 Å². The lowest BCUT2D eigenvalue weighted by Crippen LogP contribution is -2.40. The summed E-state index contributed by atoms with van der Waals surface area (Å²) in [6.45, 7) is 0. The molecule has 4 nitrogen and oxygen atoms in total. The van der Waals surface area contributed by atoms with E-state index in [2.05, 4.69) is 5.32 Å². The zero-order valence-electron chi connectivity index (χ0n) is 13.7. The number of carbonyl (C=O) groups excluding carboxylic acids is 2. The molecule has 25 heavy (non-hydrogen) atoms. The average Bonchev–Trinajstić information content (AvgIpc) is 3.16. The lowest BCUT2D eigenvalue weighted by atomic mass is 9.95. The van der Waals surface area contributed by atoms with Gasteiger partial charge in [0.1, 0.15) is 10.7 Å². The number of thiophene rings is 1. The normalized spacial score (nSPS) is 16.2. The van der Waals surface area contributed by atoms with Crippen molar-refractivity contribution in [2.75, 3.05) is 0 Å². The van der Waals surface area contributed by atoms with Crippen LogP contribution in [-0.4, -0.2) is 17.9 Å². The van der Waals surface area contributed by atoms with Gasteiger partial charge in [0, 0.05) is 11.6 Å². The van der Waals surface area contributed by atoms with Gasteiger partial charge >= 0.3 is 5.97 Å². The van der Waals surface area contributed by atoms with Crippen molar-refractivity contribution >= 4 is 23.2 Å². The number of halogens is 1. The van der Waals surface area contributed by atoms with Gasteiger partial charge in [-0.2, -0.15) is 0 Å². The Hall–Kier alpha value is -2.21. The summed E-state index contributed by atoms with van der Waals surface area (Å²) in [5.74, 6) is -1.66. The summed E-state index contributed by atoms with van der Waals surface area (Å²) in [5, 5.41) is 4.66. The third-order valence-electron chi connectivity index (χ3n) is 4.32. The molecule has 1 amide bonds. The summed E-state index contributed by atoms with van der Waals surface area (Å²) < 4.78 is 19.6. The van der Waals surface area contributed by atoms with Crippen molar-refractivity contribution in [3.05, 3.63) is 58.0 Å². The van der Waals surface area contributed by atoms with Crippen LogP contribution in [0.2, 0.25) is 0 Å². The quantitative estimate of drug-likeness (QED) is 0.811. The summed E-state index contributed by atoms with van der Waals surface area (Å²) >= 11 is 1.22. The van der Waals surface area contributed by atoms with Crippen LogP contribution >= 0.6 is 11.3 Å². The molecular weight excluding hydrogens is 341 g/mol. The Balaban J connectivity index is 1.79. The molecule has 1 N–H and O–H groups in total. The molecule has 1 aromatic heterocycles. The van der Waals surface area contributed by atoms with Gasteiger partial charge in [0.2, 0.25) is 6.10 Å². The molecule has 1 unspecified atom stereocenters. The van der Waals surface area contributed by atoms with Gasteiger partial charge in [0.25, 0.3) is 5.91 Å². The maximum atomic E-state index is 14.2. The number of hydrogen-bond acceptors (Lipinski definition) is 4. The second-order valence-corrected chi connectivity index (χ2v) is 7.08. The second kappa shape index (κ2) is 8.25. The standard InChI is InChI=1S/C19H20FNO3S/c20-15-10-5-4-9-14(15)17(24-19(23)16-11-6-12-25-16)18(22)21-13-7-2-1-3-8-13/h4-6,9-13,17H,1-3,7-8H2,(H,21,22). The van der Waals surface area contributed by atoms with Gasteiger partial charge in [-0.15, -0.1) is 11.3 Å². The Bertz CT molecular complexity index is 726. The predicted molar refractivity (Wildman–Crippen MR) is 93.9 cm³/mol. The lowest BCUT2D eigenvalue weighted by molar-refractivity contribution is -0.131. The Morgan fingerprint density at radius 2 is 1.88 bits per heavy atom. The third-order valence-corrected chi connectivity index (χ3v) is 5.17. The molecule has 1 atom stereocenters. The first-order valence-electron chi connectivity index (χ1n) is 8.44. The monoisotopic (exact) mass is 361 g/mol. The maximum Gasteiger partial charge on any atom is 0.349 e. The summed E-state index contributed by atoms with van der Waals surface area (Å²) in [5.41, 5.74) is 0.0701. The smallest absolute Gasteiger partial charge is 0.349 e. The number of rotatable bonds is 5. The van der Waals surface area contributed by atoms with Gasteiger partial charge < -0.3 is 10.1 Å². The van der Waals surface area contributed by atoms with E-state index in [1.807, 2.05) is 0 Å². The van der Waals surface area contributed by atoms with Crippen molar-refractivity contribution < 1.29 is 18.7 Å². The number of carbonyl (C=O) groups is 2. The predicted octanol–water partition coefficient (Wildman–Crippen LogP) is 4.23. The summed E-state index contributed by atoms with van der Waals surface area (Å²) in [4.78, 5) is 25.4. The molecule has 1 aliphatic rings. The molecule has 1 heterocycles. The van der Waals surface area contributed by atoms with Gasteiger partial charge in [0.15, 0.2) is 0 Å². The Kier molecular flexibility index (Phi) is 5.81. The van der Waals surface area contributed by atoms with Crippen LogP contribution in [0.5, 0.6) is 0 Å². The van der Waals surface area contributed by atoms with Gasteiger partial charge in [-0.3, -0.25) is 4.79 Å². The number of hydrogen-bond donors (Lipinski definition) is 1. The minimum Gasteiger partial charge on any atom is -0.443 e. The van der Waals surface area contributed by atoms with E-state index in [0.29, 0.717) is 4.88 Å². The maximum absolute atomic E-state index is 14.2. The van der Waals surface area contributed by atoms with Gasteiger partial charge in [0.05, 0.1) is 0 Å². The van der Waals surface area contributed by atoms with E-state index in [0.717, 1.165) is 32.1 Å². The first-order chi connectivity index (χ1) is 12.1. The van der Waals surface area contributed by atoms with Gasteiger partial charge in [-0.25, -0.2) is 9.18 Å². The second-order valence-electron chi connectivity index (χ2n) is 6.13. The van der Waals surface area contributed by atoms with Crippen LogP contribution in [0.3, 0.4) is 0 Å². The van der Waals surface area contributed by atoms with Gasteiger partial charge in [-0.05, 0) is 30.4 Å². The SMILES string of the molecule is O=C(OC(C(=O)NC1CCCCC1)c1ccccc1F)c1cccs1. The fourth-order valence-corrected chi connectivity index (χ4v) is 3.63.